The number of amides is 3. The molecular formula is C7H10N4O3. The maximum absolute atomic E-state index is 10.6. The Bertz CT molecular complexity index is 292. The molecule has 3 amide bonds. The van der Waals surface area contributed by atoms with Crippen LogP contribution in [0.3, 0.4) is 0 Å². The van der Waals surface area contributed by atoms with Gasteiger partial charge < -0.3 is 5.73 Å². The number of hydrogen-bond donors (Lipinski definition) is 3. The third-order valence-corrected chi connectivity index (χ3v) is 1.52. The van der Waals surface area contributed by atoms with Gasteiger partial charge >= 0.3 is 11.8 Å². The summed E-state index contributed by atoms with van der Waals surface area (Å²) in [4.78, 5) is 35.5. The summed E-state index contributed by atoms with van der Waals surface area (Å²) in [7, 11) is 0. The van der Waals surface area contributed by atoms with Crippen LogP contribution in [0.2, 0.25) is 0 Å². The van der Waals surface area contributed by atoms with Gasteiger partial charge in [-0.2, -0.15) is 0 Å². The average Bonchev–Trinajstić information content (AvgIpc) is 2.40. The topological polar surface area (TPSA) is 114 Å². The molecule has 0 radical (unpaired) electrons. The van der Waals surface area contributed by atoms with Crippen LogP contribution in [0.4, 0.5) is 0 Å². The van der Waals surface area contributed by atoms with E-state index in [0.717, 1.165) is 0 Å². The number of nitrogens with zero attached hydrogens (tertiary/aromatic N) is 1. The van der Waals surface area contributed by atoms with E-state index in [9.17, 15) is 14.4 Å². The second kappa shape index (κ2) is 4.35. The lowest BCUT2D eigenvalue weighted by molar-refractivity contribution is -0.135. The third kappa shape index (κ3) is 2.85. The van der Waals surface area contributed by atoms with Gasteiger partial charge in [-0.3, -0.25) is 30.0 Å². The Kier molecular flexibility index (Phi) is 3.16. The van der Waals surface area contributed by atoms with Gasteiger partial charge in [0.15, 0.2) is 0 Å². The average molecular weight is 198 g/mol. The molecule has 0 unspecified atom stereocenters. The van der Waals surface area contributed by atoms with Gasteiger partial charge in [-0.05, 0) is 6.42 Å². The Balaban J connectivity index is 2.29. The van der Waals surface area contributed by atoms with E-state index >= 15 is 0 Å². The highest BCUT2D eigenvalue weighted by Crippen LogP contribution is 1.90. The van der Waals surface area contributed by atoms with Crippen molar-refractivity contribution in [2.24, 2.45) is 10.7 Å². The molecule has 7 heteroatoms. The van der Waals surface area contributed by atoms with Gasteiger partial charge in [0.1, 0.15) is 0 Å². The quantitative estimate of drug-likeness (QED) is 0.353. The predicted molar refractivity (Wildman–Crippen MR) is 47.0 cm³/mol. The molecule has 0 aromatic heterocycles. The molecular weight excluding hydrogens is 188 g/mol. The molecule has 4 N–H and O–H groups in total. The maximum Gasteiger partial charge on any atom is 0.316 e. The minimum atomic E-state index is -0.723. The Labute approximate surface area is 79.7 Å². The molecule has 1 rings (SSSR count). The highest BCUT2D eigenvalue weighted by atomic mass is 16.2. The number of carbonyl (C=O) groups excluding carboxylic acids is 3. The summed E-state index contributed by atoms with van der Waals surface area (Å²) in [5.74, 6) is -1.72. The molecule has 1 aliphatic heterocycles. The van der Waals surface area contributed by atoms with Crippen LogP contribution < -0.4 is 16.4 Å². The Morgan fingerprint density at radius 2 is 1.86 bits per heavy atom. The molecule has 0 atom stereocenters. The van der Waals surface area contributed by atoms with Gasteiger partial charge in [0.2, 0.25) is 11.9 Å². The predicted octanol–water partition coefficient (Wildman–Crippen LogP) is -2.15. The fraction of sp³-hybridized carbons (Fsp3) is 0.429. The summed E-state index contributed by atoms with van der Waals surface area (Å²) in [6, 6.07) is 0. The largest absolute Gasteiger partial charge is 0.370 e. The molecule has 0 bridgehead atoms. The number of aliphatic imine (C=N–C) groups is 1. The van der Waals surface area contributed by atoms with Crippen molar-refractivity contribution in [3.05, 3.63) is 0 Å². The summed E-state index contributed by atoms with van der Waals surface area (Å²) in [5, 5.41) is 4.45. The van der Waals surface area contributed by atoms with Crippen molar-refractivity contribution in [3.63, 3.8) is 0 Å². The number of rotatable bonds is 4. The molecule has 1 fully saturated rings. The number of nitrogens with one attached hydrogen (secondary N) is 2. The number of primary amides is 1. The first-order valence-corrected chi connectivity index (χ1v) is 4.04. The van der Waals surface area contributed by atoms with Crippen LogP contribution in [0.25, 0.3) is 0 Å². The van der Waals surface area contributed by atoms with E-state index in [1.54, 1.807) is 0 Å². The summed E-state index contributed by atoms with van der Waals surface area (Å²) in [5.41, 5.74) is 4.90. The SMILES string of the molecule is NC(=O)CCCN=C1NC(=O)C(=O)N1. The molecule has 76 valence electrons. The smallest absolute Gasteiger partial charge is 0.316 e. The monoisotopic (exact) mass is 198 g/mol. The molecule has 0 aliphatic carbocycles. The summed E-state index contributed by atoms with van der Waals surface area (Å²) in [6.45, 7) is 0.332. The number of hydrogen-bond acceptors (Lipinski definition) is 4. The second-order valence-electron chi connectivity index (χ2n) is 2.71. The first-order valence-electron chi connectivity index (χ1n) is 4.04. The molecule has 0 spiro atoms. The third-order valence-electron chi connectivity index (χ3n) is 1.52. The van der Waals surface area contributed by atoms with E-state index < -0.39 is 17.7 Å². The van der Waals surface area contributed by atoms with Crippen LogP contribution in [-0.4, -0.2) is 30.2 Å². The van der Waals surface area contributed by atoms with Gasteiger partial charge in [0, 0.05) is 13.0 Å². The van der Waals surface area contributed by atoms with Crippen LogP contribution in [0.5, 0.6) is 0 Å². The summed E-state index contributed by atoms with van der Waals surface area (Å²) >= 11 is 0. The fourth-order valence-corrected chi connectivity index (χ4v) is 0.883. The van der Waals surface area contributed by atoms with Gasteiger partial charge in [0.05, 0.1) is 0 Å². The van der Waals surface area contributed by atoms with Crippen molar-refractivity contribution in [2.45, 2.75) is 12.8 Å². The minimum Gasteiger partial charge on any atom is -0.370 e. The molecule has 0 aromatic carbocycles. The zero-order valence-electron chi connectivity index (χ0n) is 7.37. The first-order chi connectivity index (χ1) is 6.59. The van der Waals surface area contributed by atoms with E-state index in [2.05, 4.69) is 15.6 Å². The molecule has 1 heterocycles. The van der Waals surface area contributed by atoms with Crippen molar-refractivity contribution < 1.29 is 14.4 Å². The van der Waals surface area contributed by atoms with Crippen LogP contribution in [0, 0.1) is 0 Å². The van der Waals surface area contributed by atoms with Crippen LogP contribution in [-0.2, 0) is 14.4 Å². The molecule has 1 saturated heterocycles. The Morgan fingerprint density at radius 1 is 1.29 bits per heavy atom. The molecule has 1 aliphatic rings. The van der Waals surface area contributed by atoms with Crippen LogP contribution in [0.15, 0.2) is 4.99 Å². The van der Waals surface area contributed by atoms with Gasteiger partial charge in [-0.1, -0.05) is 0 Å². The van der Waals surface area contributed by atoms with E-state index in [4.69, 9.17) is 5.73 Å². The van der Waals surface area contributed by atoms with Crippen molar-refractivity contribution in [2.75, 3.05) is 6.54 Å². The van der Waals surface area contributed by atoms with E-state index in [1.807, 2.05) is 0 Å². The Morgan fingerprint density at radius 3 is 2.36 bits per heavy atom. The van der Waals surface area contributed by atoms with Crippen LogP contribution >= 0.6 is 0 Å². The lowest BCUT2D eigenvalue weighted by Crippen LogP contribution is -2.26. The standard InChI is InChI=1S/C7H10N4O3/c8-4(12)2-1-3-9-7-10-5(13)6(14)11-7/h1-3H2,(H2,8,12)(H2,9,10,11,13,14). The fourth-order valence-electron chi connectivity index (χ4n) is 0.883. The van der Waals surface area contributed by atoms with E-state index in [0.29, 0.717) is 13.0 Å². The van der Waals surface area contributed by atoms with E-state index in [-0.39, 0.29) is 12.4 Å². The molecule has 14 heavy (non-hydrogen) atoms. The van der Waals surface area contributed by atoms with Crippen molar-refractivity contribution in [3.8, 4) is 0 Å². The zero-order chi connectivity index (χ0) is 10.6. The van der Waals surface area contributed by atoms with E-state index in [1.165, 1.54) is 0 Å². The molecule has 7 nitrogen and oxygen atoms in total. The normalized spacial score (nSPS) is 15.0. The maximum atomic E-state index is 10.6. The minimum absolute atomic E-state index is 0.129. The van der Waals surface area contributed by atoms with Gasteiger partial charge in [-0.25, -0.2) is 0 Å². The van der Waals surface area contributed by atoms with Crippen molar-refractivity contribution in [1.29, 1.82) is 0 Å². The zero-order valence-corrected chi connectivity index (χ0v) is 7.37. The number of guanidine groups is 1. The Hall–Kier alpha value is -1.92. The molecule has 0 aromatic rings. The second-order valence-corrected chi connectivity index (χ2v) is 2.71. The summed E-state index contributed by atoms with van der Waals surface area (Å²) < 4.78 is 0. The number of nitrogens with two attached hydrogens (primary N) is 1. The van der Waals surface area contributed by atoms with Crippen molar-refractivity contribution in [1.82, 2.24) is 10.6 Å². The lowest BCUT2D eigenvalue weighted by atomic mass is 10.3. The van der Waals surface area contributed by atoms with Crippen molar-refractivity contribution >= 4 is 23.7 Å². The lowest BCUT2D eigenvalue weighted by Gasteiger charge is -1.95. The summed E-state index contributed by atoms with van der Waals surface area (Å²) in [6.07, 6.45) is 0.725. The highest BCUT2D eigenvalue weighted by Gasteiger charge is 2.24. The van der Waals surface area contributed by atoms with Gasteiger partial charge in [0.25, 0.3) is 0 Å². The highest BCUT2D eigenvalue weighted by molar-refractivity contribution is 6.45. The van der Waals surface area contributed by atoms with Gasteiger partial charge in [-0.15, -0.1) is 0 Å². The number of carbonyl (C=O) groups is 3. The first kappa shape index (κ1) is 10.2. The van der Waals surface area contributed by atoms with Crippen LogP contribution in [0.1, 0.15) is 12.8 Å². The molecule has 0 saturated carbocycles.